The standard InChI is InChI=1S/C14H20FNO3S/c1-19-13-8-10-14(11-9-13)20(17,18)16(15)12-6-4-2-3-5-7-12/h8-12H,2-7H2,1H3. The molecule has 0 amide bonds. The summed E-state index contributed by atoms with van der Waals surface area (Å²) in [6, 6.07) is 5.25. The van der Waals surface area contributed by atoms with E-state index in [9.17, 15) is 12.9 Å². The van der Waals surface area contributed by atoms with Crippen LogP contribution in [0.25, 0.3) is 0 Å². The molecule has 0 N–H and O–H groups in total. The largest absolute Gasteiger partial charge is 0.497 e. The Morgan fingerprint density at radius 2 is 1.65 bits per heavy atom. The van der Waals surface area contributed by atoms with Crippen molar-refractivity contribution in [3.05, 3.63) is 24.3 Å². The van der Waals surface area contributed by atoms with Crippen LogP contribution in [0.2, 0.25) is 0 Å². The average Bonchev–Trinajstić information content (AvgIpc) is 2.75. The first kappa shape index (κ1) is 15.3. The fraction of sp³-hybridized carbons (Fsp3) is 0.571. The van der Waals surface area contributed by atoms with Crippen LogP contribution in [-0.2, 0) is 10.0 Å². The molecule has 0 spiro atoms. The summed E-state index contributed by atoms with van der Waals surface area (Å²) in [5.74, 6) is 0.545. The van der Waals surface area contributed by atoms with E-state index in [-0.39, 0.29) is 9.42 Å². The summed E-state index contributed by atoms with van der Waals surface area (Å²) in [7, 11) is -2.57. The molecule has 1 aromatic rings. The van der Waals surface area contributed by atoms with Crippen LogP contribution in [0.3, 0.4) is 0 Å². The molecule has 112 valence electrons. The van der Waals surface area contributed by atoms with E-state index in [0.29, 0.717) is 18.6 Å². The number of halogens is 1. The predicted octanol–water partition coefficient (Wildman–Crippen LogP) is 3.29. The molecule has 1 aromatic carbocycles. The lowest BCUT2D eigenvalue weighted by molar-refractivity contribution is 0.0755. The van der Waals surface area contributed by atoms with E-state index < -0.39 is 16.1 Å². The second kappa shape index (κ2) is 6.54. The van der Waals surface area contributed by atoms with Gasteiger partial charge in [-0.05, 0) is 41.6 Å². The molecule has 0 atom stereocenters. The van der Waals surface area contributed by atoms with Crippen LogP contribution in [0.1, 0.15) is 38.5 Å². The Bertz CT molecular complexity index is 522. The highest BCUT2D eigenvalue weighted by Gasteiger charge is 2.32. The minimum atomic E-state index is -4.07. The summed E-state index contributed by atoms with van der Waals surface area (Å²) >= 11 is 0. The van der Waals surface area contributed by atoms with Crippen LogP contribution in [0, 0.1) is 0 Å². The van der Waals surface area contributed by atoms with E-state index in [4.69, 9.17) is 4.74 Å². The first-order chi connectivity index (χ1) is 9.55. The summed E-state index contributed by atoms with van der Waals surface area (Å²) in [5, 5.41) is 0. The predicted molar refractivity (Wildman–Crippen MR) is 74.6 cm³/mol. The number of rotatable bonds is 4. The van der Waals surface area contributed by atoms with Crippen LogP contribution in [-0.4, -0.2) is 26.1 Å². The van der Waals surface area contributed by atoms with Crippen LogP contribution in [0.15, 0.2) is 29.2 Å². The van der Waals surface area contributed by atoms with Gasteiger partial charge in [0.05, 0.1) is 18.0 Å². The minimum Gasteiger partial charge on any atom is -0.497 e. The van der Waals surface area contributed by atoms with E-state index in [1.54, 1.807) is 0 Å². The fourth-order valence-corrected chi connectivity index (χ4v) is 3.79. The number of ether oxygens (including phenoxy) is 1. The summed E-state index contributed by atoms with van der Waals surface area (Å²) in [6.07, 6.45) is 5.03. The number of nitrogens with zero attached hydrogens (tertiary/aromatic N) is 1. The van der Waals surface area contributed by atoms with Crippen LogP contribution >= 0.6 is 0 Å². The smallest absolute Gasteiger partial charge is 0.269 e. The molecule has 1 fully saturated rings. The highest BCUT2D eigenvalue weighted by Crippen LogP contribution is 2.28. The SMILES string of the molecule is COc1ccc(S(=O)(=O)N(F)C2CCCCCC2)cc1. The highest BCUT2D eigenvalue weighted by atomic mass is 32.2. The summed E-state index contributed by atoms with van der Waals surface area (Å²) < 4.78 is 43.9. The van der Waals surface area contributed by atoms with Crippen molar-refractivity contribution in [3.63, 3.8) is 0 Å². The molecule has 0 aliphatic heterocycles. The first-order valence-corrected chi connectivity index (χ1v) is 8.34. The average molecular weight is 301 g/mol. The molecule has 1 saturated carbocycles. The van der Waals surface area contributed by atoms with E-state index in [0.717, 1.165) is 25.7 Å². The van der Waals surface area contributed by atoms with Crippen molar-refractivity contribution in [1.82, 2.24) is 4.53 Å². The van der Waals surface area contributed by atoms with Gasteiger partial charge in [-0.25, -0.2) is 8.42 Å². The van der Waals surface area contributed by atoms with E-state index in [2.05, 4.69) is 0 Å². The number of hydrogen-bond acceptors (Lipinski definition) is 3. The van der Waals surface area contributed by atoms with Crippen molar-refractivity contribution in [2.45, 2.75) is 49.5 Å². The zero-order valence-corrected chi connectivity index (χ0v) is 12.4. The van der Waals surface area contributed by atoms with Gasteiger partial charge < -0.3 is 4.74 Å². The van der Waals surface area contributed by atoms with Crippen molar-refractivity contribution in [2.24, 2.45) is 0 Å². The van der Waals surface area contributed by atoms with Gasteiger partial charge in [-0.1, -0.05) is 25.7 Å². The Morgan fingerprint density at radius 1 is 1.10 bits per heavy atom. The van der Waals surface area contributed by atoms with Gasteiger partial charge in [-0.2, -0.15) is 0 Å². The van der Waals surface area contributed by atoms with Gasteiger partial charge in [0.1, 0.15) is 5.75 Å². The molecule has 0 radical (unpaired) electrons. The number of hydrogen-bond donors (Lipinski definition) is 0. The normalized spacial score (nSPS) is 17.9. The Hall–Kier alpha value is -1.14. The maximum absolute atomic E-state index is 14.3. The molecular weight excluding hydrogens is 281 g/mol. The second-order valence-corrected chi connectivity index (χ2v) is 6.84. The molecule has 4 nitrogen and oxygen atoms in total. The molecule has 0 heterocycles. The van der Waals surface area contributed by atoms with Gasteiger partial charge in [0, 0.05) is 0 Å². The Labute approximate surface area is 119 Å². The third-order valence-corrected chi connectivity index (χ3v) is 5.32. The van der Waals surface area contributed by atoms with Crippen LogP contribution in [0.5, 0.6) is 5.75 Å². The van der Waals surface area contributed by atoms with E-state index >= 15 is 0 Å². The third-order valence-electron chi connectivity index (χ3n) is 3.70. The molecule has 20 heavy (non-hydrogen) atoms. The van der Waals surface area contributed by atoms with Crippen molar-refractivity contribution >= 4 is 10.0 Å². The Kier molecular flexibility index (Phi) is 4.99. The first-order valence-electron chi connectivity index (χ1n) is 6.90. The maximum atomic E-state index is 14.3. The fourth-order valence-electron chi connectivity index (χ4n) is 2.51. The third kappa shape index (κ3) is 3.30. The quantitative estimate of drug-likeness (QED) is 0.633. The lowest BCUT2D eigenvalue weighted by Crippen LogP contribution is -2.33. The number of sulfonamides is 1. The van der Waals surface area contributed by atoms with Crippen molar-refractivity contribution in [2.75, 3.05) is 7.11 Å². The van der Waals surface area contributed by atoms with Crippen molar-refractivity contribution in [3.8, 4) is 5.75 Å². The molecule has 0 aromatic heterocycles. The zero-order valence-electron chi connectivity index (χ0n) is 11.6. The molecule has 1 aliphatic rings. The van der Waals surface area contributed by atoms with E-state index in [1.165, 1.54) is 31.4 Å². The molecule has 6 heteroatoms. The summed E-state index contributed by atoms with van der Waals surface area (Å²) in [4.78, 5) is -0.0370. The lowest BCUT2D eigenvalue weighted by atomic mass is 10.1. The lowest BCUT2D eigenvalue weighted by Gasteiger charge is -2.21. The molecule has 0 bridgehead atoms. The van der Waals surface area contributed by atoms with Gasteiger partial charge in [-0.15, -0.1) is 4.48 Å². The van der Waals surface area contributed by atoms with Gasteiger partial charge in [0.25, 0.3) is 10.0 Å². The molecule has 0 unspecified atom stereocenters. The van der Waals surface area contributed by atoms with Crippen molar-refractivity contribution in [1.29, 1.82) is 0 Å². The summed E-state index contributed by atoms with van der Waals surface area (Å²) in [5.41, 5.74) is 0. The maximum Gasteiger partial charge on any atom is 0.269 e. The number of benzene rings is 1. The minimum absolute atomic E-state index is 0.0370. The Balaban J connectivity index is 2.18. The van der Waals surface area contributed by atoms with Gasteiger partial charge in [-0.3, -0.25) is 0 Å². The summed E-state index contributed by atoms with van der Waals surface area (Å²) in [6.45, 7) is 0. The van der Waals surface area contributed by atoms with Crippen LogP contribution in [0.4, 0.5) is 4.48 Å². The monoisotopic (exact) mass is 301 g/mol. The van der Waals surface area contributed by atoms with E-state index in [1.807, 2.05) is 0 Å². The van der Waals surface area contributed by atoms with Gasteiger partial charge in [0.2, 0.25) is 0 Å². The molecule has 2 rings (SSSR count). The zero-order chi connectivity index (χ0) is 14.6. The van der Waals surface area contributed by atoms with Crippen molar-refractivity contribution < 1.29 is 17.6 Å². The number of methoxy groups -OCH3 is 1. The molecule has 0 saturated heterocycles. The van der Waals surface area contributed by atoms with Gasteiger partial charge >= 0.3 is 0 Å². The van der Waals surface area contributed by atoms with Crippen LogP contribution < -0.4 is 4.74 Å². The van der Waals surface area contributed by atoms with Gasteiger partial charge in [0.15, 0.2) is 0 Å². The highest BCUT2D eigenvalue weighted by molar-refractivity contribution is 7.89. The molecular formula is C14H20FNO3S. The Morgan fingerprint density at radius 3 is 2.15 bits per heavy atom. The second-order valence-electron chi connectivity index (χ2n) is 5.07. The topological polar surface area (TPSA) is 46.6 Å². The molecule has 1 aliphatic carbocycles.